The van der Waals surface area contributed by atoms with Crippen LogP contribution in [0.15, 0.2) is 24.3 Å². The summed E-state index contributed by atoms with van der Waals surface area (Å²) in [5, 5.41) is 12.9. The minimum Gasteiger partial charge on any atom is -0.508 e. The first kappa shape index (κ1) is 12.4. The predicted molar refractivity (Wildman–Crippen MR) is 70.2 cm³/mol. The maximum atomic E-state index is 9.42. The summed E-state index contributed by atoms with van der Waals surface area (Å²) < 4.78 is 0. The molecule has 1 unspecified atom stereocenters. The second-order valence-corrected chi connectivity index (χ2v) is 4.82. The Labute approximate surface area is 103 Å². The molecule has 17 heavy (non-hydrogen) atoms. The van der Waals surface area contributed by atoms with Gasteiger partial charge in [0.25, 0.3) is 0 Å². The molecule has 0 bridgehead atoms. The van der Waals surface area contributed by atoms with E-state index in [1.165, 1.54) is 25.9 Å². The lowest BCUT2D eigenvalue weighted by Crippen LogP contribution is -2.31. The molecule has 1 aliphatic heterocycles. The fourth-order valence-corrected chi connectivity index (χ4v) is 2.36. The third kappa shape index (κ3) is 3.72. The van der Waals surface area contributed by atoms with E-state index in [0.717, 1.165) is 18.7 Å². The van der Waals surface area contributed by atoms with E-state index in [4.69, 9.17) is 0 Å². The average molecular weight is 234 g/mol. The minimum absolute atomic E-state index is 0.296. The average Bonchev–Trinajstić information content (AvgIpc) is 2.82. The lowest BCUT2D eigenvalue weighted by molar-refractivity contribution is 0.329. The first-order valence-electron chi connectivity index (χ1n) is 6.50. The lowest BCUT2D eigenvalue weighted by Gasteiger charge is -2.18. The van der Waals surface area contributed by atoms with Crippen LogP contribution >= 0.6 is 0 Å². The fraction of sp³-hybridized carbons (Fsp3) is 0.571. The van der Waals surface area contributed by atoms with E-state index in [1.54, 1.807) is 6.07 Å². The van der Waals surface area contributed by atoms with Gasteiger partial charge in [0.2, 0.25) is 0 Å². The highest BCUT2D eigenvalue weighted by Gasteiger charge is 2.11. The van der Waals surface area contributed by atoms with E-state index in [9.17, 15) is 5.11 Å². The van der Waals surface area contributed by atoms with Crippen LogP contribution in [0, 0.1) is 0 Å². The molecule has 0 radical (unpaired) electrons. The summed E-state index contributed by atoms with van der Waals surface area (Å²) in [5.41, 5.74) is 1.14. The van der Waals surface area contributed by atoms with Crippen molar-refractivity contribution in [3.63, 3.8) is 0 Å². The maximum Gasteiger partial charge on any atom is 0.115 e. The normalized spacial score (nSPS) is 18.4. The molecular weight excluding hydrogens is 212 g/mol. The van der Waals surface area contributed by atoms with Gasteiger partial charge in [-0.05, 0) is 50.6 Å². The van der Waals surface area contributed by atoms with E-state index in [0.29, 0.717) is 11.8 Å². The summed E-state index contributed by atoms with van der Waals surface area (Å²) >= 11 is 0. The number of rotatable bonds is 5. The molecule has 3 nitrogen and oxygen atoms in total. The van der Waals surface area contributed by atoms with Crippen LogP contribution in [-0.2, 0) is 0 Å². The minimum atomic E-state index is 0.296. The van der Waals surface area contributed by atoms with Gasteiger partial charge >= 0.3 is 0 Å². The predicted octanol–water partition coefficient (Wildman–Crippen LogP) is 2.14. The standard InChI is InChI=1S/C14H22N2O/c1-12(13-5-4-6-14(17)11-13)15-7-10-16-8-2-3-9-16/h4-6,11-12,15,17H,2-3,7-10H2,1H3. The Balaban J connectivity index is 1.74. The van der Waals surface area contributed by atoms with Gasteiger partial charge in [0.1, 0.15) is 5.75 Å². The zero-order chi connectivity index (χ0) is 12.1. The number of phenols is 1. The van der Waals surface area contributed by atoms with Gasteiger partial charge in [0.15, 0.2) is 0 Å². The molecule has 1 aliphatic rings. The second-order valence-electron chi connectivity index (χ2n) is 4.82. The van der Waals surface area contributed by atoms with Crippen LogP contribution < -0.4 is 5.32 Å². The van der Waals surface area contributed by atoms with Crippen LogP contribution in [0.5, 0.6) is 5.75 Å². The van der Waals surface area contributed by atoms with Gasteiger partial charge in [-0.3, -0.25) is 0 Å². The van der Waals surface area contributed by atoms with Crippen LogP contribution in [0.3, 0.4) is 0 Å². The van der Waals surface area contributed by atoms with Crippen LogP contribution in [0.4, 0.5) is 0 Å². The quantitative estimate of drug-likeness (QED) is 0.819. The number of hydrogen-bond acceptors (Lipinski definition) is 3. The number of phenolic OH excluding ortho intramolecular Hbond substituents is 1. The summed E-state index contributed by atoms with van der Waals surface area (Å²) in [4.78, 5) is 2.50. The Hall–Kier alpha value is -1.06. The maximum absolute atomic E-state index is 9.42. The van der Waals surface area contributed by atoms with Crippen molar-refractivity contribution in [3.8, 4) is 5.75 Å². The van der Waals surface area contributed by atoms with Gasteiger partial charge in [0, 0.05) is 19.1 Å². The van der Waals surface area contributed by atoms with E-state index in [-0.39, 0.29) is 0 Å². The summed E-state index contributed by atoms with van der Waals surface area (Å²) in [7, 11) is 0. The van der Waals surface area contributed by atoms with Crippen molar-refractivity contribution in [1.82, 2.24) is 10.2 Å². The highest BCUT2D eigenvalue weighted by atomic mass is 16.3. The zero-order valence-corrected chi connectivity index (χ0v) is 10.5. The van der Waals surface area contributed by atoms with Crippen LogP contribution in [0.1, 0.15) is 31.4 Å². The number of aromatic hydroxyl groups is 1. The monoisotopic (exact) mass is 234 g/mol. The number of hydrogen-bond donors (Lipinski definition) is 2. The van der Waals surface area contributed by atoms with Gasteiger partial charge in [0.05, 0.1) is 0 Å². The molecule has 2 N–H and O–H groups in total. The second kappa shape index (κ2) is 6.03. The molecule has 3 heteroatoms. The molecule has 0 saturated carbocycles. The third-order valence-corrected chi connectivity index (χ3v) is 3.45. The molecule has 0 spiro atoms. The highest BCUT2D eigenvalue weighted by Crippen LogP contribution is 2.17. The Morgan fingerprint density at radius 1 is 1.35 bits per heavy atom. The van der Waals surface area contributed by atoms with Gasteiger partial charge in [-0.2, -0.15) is 0 Å². The molecule has 1 aromatic carbocycles. The molecule has 1 fully saturated rings. The van der Waals surface area contributed by atoms with Crippen molar-refractivity contribution in [3.05, 3.63) is 29.8 Å². The molecule has 1 heterocycles. The molecule has 0 amide bonds. The highest BCUT2D eigenvalue weighted by molar-refractivity contribution is 5.28. The number of nitrogens with one attached hydrogen (secondary N) is 1. The van der Waals surface area contributed by atoms with Crippen molar-refractivity contribution < 1.29 is 5.11 Å². The molecule has 2 rings (SSSR count). The van der Waals surface area contributed by atoms with E-state index < -0.39 is 0 Å². The molecule has 94 valence electrons. The summed E-state index contributed by atoms with van der Waals surface area (Å²) in [6.07, 6.45) is 2.70. The van der Waals surface area contributed by atoms with Crippen molar-refractivity contribution in [1.29, 1.82) is 0 Å². The first-order chi connectivity index (χ1) is 8.25. The first-order valence-corrected chi connectivity index (χ1v) is 6.50. The molecule has 0 aromatic heterocycles. The number of nitrogens with zero attached hydrogens (tertiary/aromatic N) is 1. The molecule has 1 saturated heterocycles. The van der Waals surface area contributed by atoms with Gasteiger partial charge in [-0.1, -0.05) is 12.1 Å². The van der Waals surface area contributed by atoms with Crippen LogP contribution in [-0.4, -0.2) is 36.2 Å². The summed E-state index contributed by atoms with van der Waals surface area (Å²) in [6.45, 7) is 6.78. The van der Waals surface area contributed by atoms with Crippen molar-refractivity contribution >= 4 is 0 Å². The van der Waals surface area contributed by atoms with Gasteiger partial charge < -0.3 is 15.3 Å². The molecule has 1 atom stereocenters. The van der Waals surface area contributed by atoms with Gasteiger partial charge in [-0.15, -0.1) is 0 Å². The SMILES string of the molecule is CC(NCCN1CCCC1)c1cccc(O)c1. The van der Waals surface area contributed by atoms with Crippen molar-refractivity contribution in [2.24, 2.45) is 0 Å². The third-order valence-electron chi connectivity index (χ3n) is 3.45. The van der Waals surface area contributed by atoms with E-state index >= 15 is 0 Å². The van der Waals surface area contributed by atoms with E-state index in [1.807, 2.05) is 18.2 Å². The summed E-state index contributed by atoms with van der Waals surface area (Å²) in [6, 6.07) is 7.77. The Bertz CT molecular complexity index is 348. The largest absolute Gasteiger partial charge is 0.508 e. The molecule has 0 aliphatic carbocycles. The Morgan fingerprint density at radius 2 is 2.12 bits per heavy atom. The Kier molecular flexibility index (Phi) is 4.40. The topological polar surface area (TPSA) is 35.5 Å². The number of likely N-dealkylation sites (tertiary alicyclic amines) is 1. The van der Waals surface area contributed by atoms with Crippen molar-refractivity contribution in [2.45, 2.75) is 25.8 Å². The fourth-order valence-electron chi connectivity index (χ4n) is 2.36. The number of benzene rings is 1. The summed E-state index contributed by atoms with van der Waals surface area (Å²) in [5.74, 6) is 0.343. The Morgan fingerprint density at radius 3 is 2.82 bits per heavy atom. The molecule has 1 aromatic rings. The van der Waals surface area contributed by atoms with Crippen LogP contribution in [0.25, 0.3) is 0 Å². The van der Waals surface area contributed by atoms with E-state index in [2.05, 4.69) is 17.1 Å². The van der Waals surface area contributed by atoms with Crippen LogP contribution in [0.2, 0.25) is 0 Å². The molecular formula is C14H22N2O. The smallest absolute Gasteiger partial charge is 0.115 e. The van der Waals surface area contributed by atoms with Crippen molar-refractivity contribution in [2.75, 3.05) is 26.2 Å². The zero-order valence-electron chi connectivity index (χ0n) is 10.5. The van der Waals surface area contributed by atoms with Gasteiger partial charge in [-0.25, -0.2) is 0 Å². The lowest BCUT2D eigenvalue weighted by atomic mass is 10.1.